The molecule has 0 aromatic rings. The van der Waals surface area contributed by atoms with E-state index in [1.807, 2.05) is 0 Å². The van der Waals surface area contributed by atoms with Crippen molar-refractivity contribution in [2.24, 2.45) is 11.8 Å². The Morgan fingerprint density at radius 3 is 2.42 bits per heavy atom. The van der Waals surface area contributed by atoms with Gasteiger partial charge in [0.2, 0.25) is 0 Å². The van der Waals surface area contributed by atoms with E-state index in [-0.39, 0.29) is 0 Å². The smallest absolute Gasteiger partial charge is 0.0433 e. The van der Waals surface area contributed by atoms with E-state index in [9.17, 15) is 0 Å². The second-order valence-electron chi connectivity index (χ2n) is 4.17. The zero-order valence-corrected chi connectivity index (χ0v) is 8.21. The van der Waals surface area contributed by atoms with Gasteiger partial charge in [0.1, 0.15) is 0 Å². The van der Waals surface area contributed by atoms with E-state index >= 15 is 0 Å². The van der Waals surface area contributed by atoms with Crippen LogP contribution in [0.3, 0.4) is 0 Å². The summed E-state index contributed by atoms with van der Waals surface area (Å²) in [5.74, 6) is 1.63. The van der Waals surface area contributed by atoms with Crippen molar-refractivity contribution < 1.29 is 5.11 Å². The summed E-state index contributed by atoms with van der Waals surface area (Å²) in [7, 11) is 0. The molecule has 1 rings (SSSR count). The van der Waals surface area contributed by atoms with Gasteiger partial charge < -0.3 is 10.4 Å². The topological polar surface area (TPSA) is 32.3 Å². The van der Waals surface area contributed by atoms with Gasteiger partial charge in [0.15, 0.2) is 0 Å². The molecule has 2 heteroatoms. The fraction of sp³-hybridized carbons (Fsp3) is 1.00. The third-order valence-electron chi connectivity index (χ3n) is 2.86. The Labute approximate surface area is 75.4 Å². The minimum Gasteiger partial charge on any atom is -0.396 e. The minimum atomic E-state index is 0.364. The molecule has 0 unspecified atom stereocenters. The van der Waals surface area contributed by atoms with Crippen LogP contribution in [0.1, 0.15) is 33.1 Å². The van der Waals surface area contributed by atoms with E-state index < -0.39 is 0 Å². The average Bonchev–Trinajstić information content (AvgIpc) is 1.98. The van der Waals surface area contributed by atoms with E-state index in [1.54, 1.807) is 0 Å². The van der Waals surface area contributed by atoms with Gasteiger partial charge in [-0.2, -0.15) is 0 Å². The van der Waals surface area contributed by atoms with Crippen molar-refractivity contribution in [3.05, 3.63) is 0 Å². The number of aliphatic hydroxyl groups is 1. The first-order valence-electron chi connectivity index (χ1n) is 5.08. The van der Waals surface area contributed by atoms with Crippen molar-refractivity contribution in [3.8, 4) is 0 Å². The lowest BCUT2D eigenvalue weighted by Crippen LogP contribution is -2.38. The third kappa shape index (κ3) is 2.76. The Bertz CT molecular complexity index is 125. The van der Waals surface area contributed by atoms with Crippen LogP contribution >= 0.6 is 0 Å². The summed E-state index contributed by atoms with van der Waals surface area (Å²) >= 11 is 0. The van der Waals surface area contributed by atoms with Crippen LogP contribution < -0.4 is 5.32 Å². The molecule has 1 aliphatic carbocycles. The highest BCUT2D eigenvalue weighted by atomic mass is 16.3. The molecule has 1 aliphatic rings. The monoisotopic (exact) mass is 171 g/mol. The van der Waals surface area contributed by atoms with Gasteiger partial charge in [0.25, 0.3) is 0 Å². The predicted octanol–water partition coefficient (Wildman–Crippen LogP) is 1.39. The first-order valence-corrected chi connectivity index (χ1v) is 5.08. The summed E-state index contributed by atoms with van der Waals surface area (Å²) in [6, 6.07) is 0.598. The molecule has 0 aromatic heterocycles. The van der Waals surface area contributed by atoms with Gasteiger partial charge in [-0.3, -0.25) is 0 Å². The maximum Gasteiger partial charge on any atom is 0.0433 e. The molecule has 0 aromatic carbocycles. The lowest BCUT2D eigenvalue weighted by atomic mass is 9.72. The SMILES string of the molecule is CC(C)NC[C@H]1CC[C@H]1CCO. The van der Waals surface area contributed by atoms with Crippen molar-refractivity contribution in [3.63, 3.8) is 0 Å². The molecular weight excluding hydrogens is 150 g/mol. The van der Waals surface area contributed by atoms with E-state index in [2.05, 4.69) is 19.2 Å². The largest absolute Gasteiger partial charge is 0.396 e. The molecular formula is C10H21NO. The Morgan fingerprint density at radius 2 is 2.00 bits per heavy atom. The number of rotatable bonds is 5. The van der Waals surface area contributed by atoms with Crippen LogP contribution in [-0.2, 0) is 0 Å². The van der Waals surface area contributed by atoms with Gasteiger partial charge in [-0.05, 0) is 37.6 Å². The number of hydrogen-bond acceptors (Lipinski definition) is 2. The van der Waals surface area contributed by atoms with Crippen molar-refractivity contribution in [2.75, 3.05) is 13.2 Å². The van der Waals surface area contributed by atoms with Gasteiger partial charge in [-0.25, -0.2) is 0 Å². The van der Waals surface area contributed by atoms with E-state index in [0.717, 1.165) is 24.8 Å². The maximum absolute atomic E-state index is 8.78. The molecule has 0 spiro atoms. The first kappa shape index (κ1) is 10.0. The molecule has 1 saturated carbocycles. The Hall–Kier alpha value is -0.0800. The summed E-state index contributed by atoms with van der Waals surface area (Å²) in [5.41, 5.74) is 0. The standard InChI is InChI=1S/C10H21NO/c1-8(2)11-7-10-4-3-9(10)5-6-12/h8-12H,3-7H2,1-2H3/t9-,10+/m0/s1. The highest BCUT2D eigenvalue weighted by Crippen LogP contribution is 2.35. The van der Waals surface area contributed by atoms with E-state index in [4.69, 9.17) is 5.11 Å². The third-order valence-corrected chi connectivity index (χ3v) is 2.86. The fourth-order valence-corrected chi connectivity index (χ4v) is 1.84. The molecule has 72 valence electrons. The number of hydrogen-bond donors (Lipinski definition) is 2. The van der Waals surface area contributed by atoms with Crippen molar-refractivity contribution >= 4 is 0 Å². The molecule has 0 radical (unpaired) electrons. The Morgan fingerprint density at radius 1 is 1.33 bits per heavy atom. The zero-order valence-electron chi connectivity index (χ0n) is 8.21. The van der Waals surface area contributed by atoms with Crippen LogP contribution in [0.25, 0.3) is 0 Å². The molecule has 0 bridgehead atoms. The van der Waals surface area contributed by atoms with Gasteiger partial charge in [-0.15, -0.1) is 0 Å². The summed E-state index contributed by atoms with van der Waals surface area (Å²) in [6.45, 7) is 5.87. The van der Waals surface area contributed by atoms with Crippen molar-refractivity contribution in [1.29, 1.82) is 0 Å². The van der Waals surface area contributed by atoms with E-state index in [0.29, 0.717) is 12.6 Å². The average molecular weight is 171 g/mol. The fourth-order valence-electron chi connectivity index (χ4n) is 1.84. The molecule has 2 N–H and O–H groups in total. The lowest BCUT2D eigenvalue weighted by Gasteiger charge is -2.37. The second-order valence-corrected chi connectivity index (χ2v) is 4.17. The maximum atomic E-state index is 8.78. The second kappa shape index (κ2) is 4.83. The molecule has 2 atom stereocenters. The highest BCUT2D eigenvalue weighted by molar-refractivity contribution is 4.82. The molecule has 0 amide bonds. The van der Waals surface area contributed by atoms with Gasteiger partial charge in [-0.1, -0.05) is 13.8 Å². The van der Waals surface area contributed by atoms with Crippen LogP contribution in [-0.4, -0.2) is 24.3 Å². The molecule has 1 fully saturated rings. The predicted molar refractivity (Wildman–Crippen MR) is 51.1 cm³/mol. The van der Waals surface area contributed by atoms with Crippen LogP contribution in [0.2, 0.25) is 0 Å². The minimum absolute atomic E-state index is 0.364. The van der Waals surface area contributed by atoms with Crippen LogP contribution in [0, 0.1) is 11.8 Å². The molecule has 2 nitrogen and oxygen atoms in total. The van der Waals surface area contributed by atoms with Crippen LogP contribution in [0.4, 0.5) is 0 Å². The van der Waals surface area contributed by atoms with Crippen LogP contribution in [0.15, 0.2) is 0 Å². The summed E-state index contributed by atoms with van der Waals surface area (Å²) in [5, 5.41) is 12.2. The van der Waals surface area contributed by atoms with Crippen LogP contribution in [0.5, 0.6) is 0 Å². The molecule has 0 saturated heterocycles. The quantitative estimate of drug-likeness (QED) is 0.655. The normalized spacial score (nSPS) is 29.0. The highest BCUT2D eigenvalue weighted by Gasteiger charge is 2.29. The number of aliphatic hydroxyl groups excluding tert-OH is 1. The summed E-state index contributed by atoms with van der Waals surface area (Å²) < 4.78 is 0. The number of nitrogens with one attached hydrogen (secondary N) is 1. The van der Waals surface area contributed by atoms with Gasteiger partial charge in [0.05, 0.1) is 0 Å². The van der Waals surface area contributed by atoms with Crippen molar-refractivity contribution in [2.45, 2.75) is 39.2 Å². The molecule has 12 heavy (non-hydrogen) atoms. The van der Waals surface area contributed by atoms with E-state index in [1.165, 1.54) is 12.8 Å². The van der Waals surface area contributed by atoms with Gasteiger partial charge in [0, 0.05) is 12.6 Å². The van der Waals surface area contributed by atoms with Gasteiger partial charge >= 0.3 is 0 Å². The molecule has 0 heterocycles. The Balaban J connectivity index is 2.08. The Kier molecular flexibility index (Phi) is 4.02. The van der Waals surface area contributed by atoms with Crippen molar-refractivity contribution in [1.82, 2.24) is 5.32 Å². The molecule has 0 aliphatic heterocycles. The summed E-state index contributed by atoms with van der Waals surface area (Å²) in [4.78, 5) is 0. The summed E-state index contributed by atoms with van der Waals surface area (Å²) in [6.07, 6.45) is 3.68. The lowest BCUT2D eigenvalue weighted by molar-refractivity contribution is 0.126. The first-order chi connectivity index (χ1) is 5.74. The zero-order chi connectivity index (χ0) is 8.97.